The maximum Gasteiger partial charge on any atom is 0.349 e. The molecule has 60 valence electrons. The van der Waals surface area contributed by atoms with Crippen LogP contribution < -0.4 is 4.74 Å². The highest BCUT2D eigenvalue weighted by molar-refractivity contribution is 7.15. The van der Waals surface area contributed by atoms with E-state index in [1.165, 1.54) is 20.4 Å². The summed E-state index contributed by atoms with van der Waals surface area (Å²) in [4.78, 5) is 15.1. The van der Waals surface area contributed by atoms with Gasteiger partial charge in [0.1, 0.15) is 4.88 Å². The molecule has 0 aliphatic carbocycles. The van der Waals surface area contributed by atoms with Gasteiger partial charge in [-0.3, -0.25) is 0 Å². The van der Waals surface area contributed by atoms with Crippen LogP contribution in [-0.4, -0.2) is 25.2 Å². The molecule has 4 nitrogen and oxygen atoms in total. The van der Waals surface area contributed by atoms with Crippen molar-refractivity contribution in [3.8, 4) is 5.19 Å². The van der Waals surface area contributed by atoms with Gasteiger partial charge < -0.3 is 9.47 Å². The van der Waals surface area contributed by atoms with Crippen molar-refractivity contribution in [2.24, 2.45) is 0 Å². The van der Waals surface area contributed by atoms with Gasteiger partial charge in [-0.2, -0.15) is 0 Å². The largest absolute Gasteiger partial charge is 0.473 e. The van der Waals surface area contributed by atoms with Gasteiger partial charge in [0, 0.05) is 0 Å². The monoisotopic (exact) mass is 173 g/mol. The zero-order valence-corrected chi connectivity index (χ0v) is 6.97. The van der Waals surface area contributed by atoms with Crippen molar-refractivity contribution >= 4 is 17.3 Å². The van der Waals surface area contributed by atoms with Crippen molar-refractivity contribution in [3.05, 3.63) is 11.1 Å². The SMILES string of the molecule is COC(=O)c1cnc(OC)s1. The summed E-state index contributed by atoms with van der Waals surface area (Å²) in [5.41, 5.74) is 0. The number of methoxy groups -OCH3 is 2. The average molecular weight is 173 g/mol. The lowest BCUT2D eigenvalue weighted by molar-refractivity contribution is 0.0606. The summed E-state index contributed by atoms with van der Waals surface area (Å²) in [6, 6.07) is 0. The molecule has 0 saturated heterocycles. The van der Waals surface area contributed by atoms with Crippen LogP contribution in [-0.2, 0) is 4.74 Å². The first-order valence-corrected chi connectivity index (χ1v) is 3.67. The maximum atomic E-state index is 10.8. The Kier molecular flexibility index (Phi) is 2.43. The van der Waals surface area contributed by atoms with Crippen LogP contribution in [0.5, 0.6) is 5.19 Å². The topological polar surface area (TPSA) is 48.4 Å². The lowest BCUT2D eigenvalue weighted by atomic mass is 10.6. The average Bonchev–Trinajstić information content (AvgIpc) is 2.50. The minimum atomic E-state index is -0.384. The Balaban J connectivity index is 2.80. The predicted molar refractivity (Wildman–Crippen MR) is 40.0 cm³/mol. The standard InChI is InChI=1S/C6H7NO3S/c1-9-5(8)4-3-7-6(10-2)11-4/h3H,1-2H3. The highest BCUT2D eigenvalue weighted by Crippen LogP contribution is 2.19. The summed E-state index contributed by atoms with van der Waals surface area (Å²) in [5.74, 6) is -0.384. The molecule has 1 aromatic rings. The number of carbonyl (C=O) groups excluding carboxylic acids is 1. The lowest BCUT2D eigenvalue weighted by Crippen LogP contribution is -1.96. The molecule has 1 rings (SSSR count). The van der Waals surface area contributed by atoms with E-state index < -0.39 is 0 Å². The van der Waals surface area contributed by atoms with E-state index in [1.807, 2.05) is 0 Å². The first kappa shape index (κ1) is 8.00. The van der Waals surface area contributed by atoms with Gasteiger partial charge in [0.15, 0.2) is 0 Å². The molecule has 0 bridgehead atoms. The Morgan fingerprint density at radius 3 is 2.82 bits per heavy atom. The van der Waals surface area contributed by atoms with E-state index in [0.717, 1.165) is 11.3 Å². The highest BCUT2D eigenvalue weighted by atomic mass is 32.1. The Morgan fingerprint density at radius 2 is 2.36 bits per heavy atom. The van der Waals surface area contributed by atoms with Gasteiger partial charge in [0.25, 0.3) is 5.19 Å². The Hall–Kier alpha value is -1.10. The number of thiazole rings is 1. The van der Waals surface area contributed by atoms with Crippen LogP contribution in [0.4, 0.5) is 0 Å². The van der Waals surface area contributed by atoms with Crippen LogP contribution in [0.15, 0.2) is 6.20 Å². The molecule has 1 heterocycles. The van der Waals surface area contributed by atoms with Crippen molar-refractivity contribution in [1.82, 2.24) is 4.98 Å². The van der Waals surface area contributed by atoms with Gasteiger partial charge in [-0.1, -0.05) is 11.3 Å². The van der Waals surface area contributed by atoms with E-state index >= 15 is 0 Å². The van der Waals surface area contributed by atoms with Crippen molar-refractivity contribution in [2.75, 3.05) is 14.2 Å². The van der Waals surface area contributed by atoms with Crippen molar-refractivity contribution in [1.29, 1.82) is 0 Å². The van der Waals surface area contributed by atoms with E-state index in [9.17, 15) is 4.79 Å². The van der Waals surface area contributed by atoms with E-state index in [-0.39, 0.29) is 5.97 Å². The van der Waals surface area contributed by atoms with Crippen LogP contribution in [0.1, 0.15) is 9.67 Å². The summed E-state index contributed by atoms with van der Waals surface area (Å²) < 4.78 is 9.26. The van der Waals surface area contributed by atoms with Gasteiger partial charge >= 0.3 is 5.97 Å². The van der Waals surface area contributed by atoms with Crippen LogP contribution in [0.25, 0.3) is 0 Å². The van der Waals surface area contributed by atoms with Crippen molar-refractivity contribution in [3.63, 3.8) is 0 Å². The first-order valence-electron chi connectivity index (χ1n) is 2.86. The van der Waals surface area contributed by atoms with E-state index in [2.05, 4.69) is 9.72 Å². The molecule has 1 aromatic heterocycles. The molecule has 0 aromatic carbocycles. The van der Waals surface area contributed by atoms with E-state index in [0.29, 0.717) is 10.1 Å². The molecule has 11 heavy (non-hydrogen) atoms. The number of hydrogen-bond donors (Lipinski definition) is 0. The normalized spacial score (nSPS) is 9.27. The predicted octanol–water partition coefficient (Wildman–Crippen LogP) is 0.938. The zero-order valence-electron chi connectivity index (χ0n) is 6.16. The fourth-order valence-electron chi connectivity index (χ4n) is 0.547. The molecule has 0 aliphatic heterocycles. The van der Waals surface area contributed by atoms with Gasteiger partial charge in [0.2, 0.25) is 0 Å². The van der Waals surface area contributed by atoms with Gasteiger partial charge in [0.05, 0.1) is 20.4 Å². The Bertz CT molecular complexity index is 258. The quantitative estimate of drug-likeness (QED) is 0.624. The molecule has 5 heteroatoms. The summed E-state index contributed by atoms with van der Waals surface area (Å²) >= 11 is 1.16. The summed E-state index contributed by atoms with van der Waals surface area (Å²) in [5, 5.41) is 0.463. The van der Waals surface area contributed by atoms with Gasteiger partial charge in [-0.15, -0.1) is 0 Å². The third kappa shape index (κ3) is 1.68. The smallest absolute Gasteiger partial charge is 0.349 e. The number of esters is 1. The number of hydrogen-bond acceptors (Lipinski definition) is 5. The van der Waals surface area contributed by atoms with Crippen molar-refractivity contribution in [2.45, 2.75) is 0 Å². The number of aromatic nitrogens is 1. The third-order valence-electron chi connectivity index (χ3n) is 1.05. The molecular formula is C6H7NO3S. The molecule has 0 N–H and O–H groups in total. The second kappa shape index (κ2) is 3.34. The van der Waals surface area contributed by atoms with E-state index in [4.69, 9.17) is 4.74 Å². The van der Waals surface area contributed by atoms with Crippen LogP contribution in [0.2, 0.25) is 0 Å². The fourth-order valence-corrected chi connectivity index (χ4v) is 1.20. The number of rotatable bonds is 2. The van der Waals surface area contributed by atoms with Crippen LogP contribution >= 0.6 is 11.3 Å². The second-order valence-electron chi connectivity index (χ2n) is 1.69. The summed E-state index contributed by atoms with van der Waals surface area (Å²) in [6.07, 6.45) is 1.43. The summed E-state index contributed by atoms with van der Waals surface area (Å²) in [6.45, 7) is 0. The number of ether oxygens (including phenoxy) is 2. The Morgan fingerprint density at radius 1 is 1.64 bits per heavy atom. The third-order valence-corrected chi connectivity index (χ3v) is 1.98. The number of carbonyl (C=O) groups is 1. The molecule has 0 fully saturated rings. The molecular weight excluding hydrogens is 166 g/mol. The van der Waals surface area contributed by atoms with Crippen molar-refractivity contribution < 1.29 is 14.3 Å². The molecule has 0 saturated carbocycles. The minimum absolute atomic E-state index is 0.384. The fraction of sp³-hybridized carbons (Fsp3) is 0.333. The highest BCUT2D eigenvalue weighted by Gasteiger charge is 2.09. The minimum Gasteiger partial charge on any atom is -0.473 e. The molecule has 0 unspecified atom stereocenters. The molecule has 0 aliphatic rings. The van der Waals surface area contributed by atoms with Gasteiger partial charge in [-0.25, -0.2) is 9.78 Å². The van der Waals surface area contributed by atoms with E-state index in [1.54, 1.807) is 0 Å². The molecule has 0 amide bonds. The van der Waals surface area contributed by atoms with Crippen LogP contribution in [0.3, 0.4) is 0 Å². The maximum absolute atomic E-state index is 10.8. The lowest BCUT2D eigenvalue weighted by Gasteiger charge is -1.90. The first-order chi connectivity index (χ1) is 5.27. The molecule has 0 radical (unpaired) electrons. The molecule has 0 spiro atoms. The van der Waals surface area contributed by atoms with Crippen LogP contribution in [0, 0.1) is 0 Å². The Labute approximate surface area is 67.8 Å². The van der Waals surface area contributed by atoms with Gasteiger partial charge in [-0.05, 0) is 0 Å². The second-order valence-corrected chi connectivity index (χ2v) is 2.68. The molecule has 0 atom stereocenters. The summed E-state index contributed by atoms with van der Waals surface area (Å²) in [7, 11) is 2.83. The number of nitrogens with zero attached hydrogens (tertiary/aromatic N) is 1. The zero-order chi connectivity index (χ0) is 8.27.